The van der Waals surface area contributed by atoms with Gasteiger partial charge in [-0.3, -0.25) is 4.99 Å². The van der Waals surface area contributed by atoms with E-state index in [2.05, 4.69) is 29.5 Å². The van der Waals surface area contributed by atoms with E-state index in [-0.39, 0.29) is 5.75 Å². The summed E-state index contributed by atoms with van der Waals surface area (Å²) in [7, 11) is -1.27. The Morgan fingerprint density at radius 1 is 1.39 bits per heavy atom. The fraction of sp³-hybridized carbons (Fsp3) is 0.909. The number of rotatable bonds is 5. The summed E-state index contributed by atoms with van der Waals surface area (Å²) >= 11 is 0. The molecule has 0 saturated carbocycles. The van der Waals surface area contributed by atoms with E-state index in [9.17, 15) is 8.42 Å². The van der Waals surface area contributed by atoms with Crippen LogP contribution in [0.15, 0.2) is 4.99 Å². The van der Waals surface area contributed by atoms with Gasteiger partial charge in [-0.15, -0.1) is 0 Å². The molecule has 1 rings (SSSR count). The third kappa shape index (κ3) is 4.81. The minimum atomic E-state index is -2.98. The van der Waals surface area contributed by atoms with Gasteiger partial charge in [-0.2, -0.15) is 0 Å². The number of sulfonamides is 1. The molecule has 7 heteroatoms. The Bertz CT molecular complexity index is 379. The van der Waals surface area contributed by atoms with Gasteiger partial charge >= 0.3 is 0 Å². The molecule has 0 aromatic heterocycles. The molecule has 1 aliphatic rings. The first-order chi connectivity index (χ1) is 8.45. The van der Waals surface area contributed by atoms with Crippen molar-refractivity contribution in [3.63, 3.8) is 0 Å². The van der Waals surface area contributed by atoms with Gasteiger partial charge in [0, 0.05) is 33.2 Å². The van der Waals surface area contributed by atoms with Crippen LogP contribution in [0.3, 0.4) is 0 Å². The molecule has 0 aromatic rings. The van der Waals surface area contributed by atoms with Crippen LogP contribution in [0.5, 0.6) is 0 Å². The van der Waals surface area contributed by atoms with E-state index < -0.39 is 10.0 Å². The normalized spacial score (nSPS) is 20.3. The van der Waals surface area contributed by atoms with Crippen LogP contribution in [-0.2, 0) is 10.0 Å². The second kappa shape index (κ2) is 6.94. The van der Waals surface area contributed by atoms with Crippen molar-refractivity contribution in [1.82, 2.24) is 14.9 Å². The highest BCUT2D eigenvalue weighted by Gasteiger charge is 2.27. The number of guanidine groups is 1. The molecule has 1 heterocycles. The number of hydrogen-bond donors (Lipinski definition) is 2. The van der Waals surface area contributed by atoms with Gasteiger partial charge in [0.25, 0.3) is 0 Å². The van der Waals surface area contributed by atoms with E-state index in [0.717, 1.165) is 18.9 Å². The summed E-state index contributed by atoms with van der Waals surface area (Å²) < 4.78 is 24.7. The van der Waals surface area contributed by atoms with E-state index in [1.807, 2.05) is 0 Å². The highest BCUT2D eigenvalue weighted by Crippen LogP contribution is 2.11. The molecule has 6 nitrogen and oxygen atoms in total. The molecule has 18 heavy (non-hydrogen) atoms. The topological polar surface area (TPSA) is 73.8 Å². The van der Waals surface area contributed by atoms with Gasteiger partial charge in [-0.1, -0.05) is 13.8 Å². The SMILES string of the molecule is CN=C(NCCN1CCCS1(=O)=O)NCC(C)C. The summed E-state index contributed by atoms with van der Waals surface area (Å²) in [5.41, 5.74) is 0. The largest absolute Gasteiger partial charge is 0.356 e. The van der Waals surface area contributed by atoms with Crippen LogP contribution in [-0.4, -0.2) is 57.7 Å². The molecule has 0 aliphatic carbocycles. The molecule has 0 radical (unpaired) electrons. The fourth-order valence-electron chi connectivity index (χ4n) is 1.76. The molecule has 0 spiro atoms. The van der Waals surface area contributed by atoms with Crippen LogP contribution in [0, 0.1) is 5.92 Å². The monoisotopic (exact) mass is 276 g/mol. The summed E-state index contributed by atoms with van der Waals surface area (Å²) in [6.45, 7) is 6.82. The molecule has 2 N–H and O–H groups in total. The Kier molecular flexibility index (Phi) is 5.87. The Labute approximate surface area is 110 Å². The molecule has 106 valence electrons. The van der Waals surface area contributed by atoms with Gasteiger partial charge in [0.2, 0.25) is 10.0 Å². The first-order valence-corrected chi connectivity index (χ1v) is 7.99. The smallest absolute Gasteiger partial charge is 0.214 e. The summed E-state index contributed by atoms with van der Waals surface area (Å²) in [5.74, 6) is 1.55. The average molecular weight is 276 g/mol. The van der Waals surface area contributed by atoms with Crippen molar-refractivity contribution in [2.24, 2.45) is 10.9 Å². The van der Waals surface area contributed by atoms with Crippen molar-refractivity contribution >= 4 is 16.0 Å². The fourth-order valence-corrected chi connectivity index (χ4v) is 3.29. The molecule has 0 amide bonds. The lowest BCUT2D eigenvalue weighted by Crippen LogP contribution is -2.42. The van der Waals surface area contributed by atoms with E-state index in [0.29, 0.717) is 25.6 Å². The molecule has 0 bridgehead atoms. The van der Waals surface area contributed by atoms with Gasteiger partial charge in [0.05, 0.1) is 5.75 Å². The van der Waals surface area contributed by atoms with Gasteiger partial charge in [0.15, 0.2) is 5.96 Å². The van der Waals surface area contributed by atoms with E-state index in [4.69, 9.17) is 0 Å². The van der Waals surface area contributed by atoms with Crippen molar-refractivity contribution in [1.29, 1.82) is 0 Å². The predicted octanol–water partition coefficient (Wildman–Crippen LogP) is -0.157. The average Bonchev–Trinajstić information content (AvgIpc) is 2.62. The first-order valence-electron chi connectivity index (χ1n) is 6.38. The lowest BCUT2D eigenvalue weighted by atomic mass is 10.2. The second-order valence-electron chi connectivity index (χ2n) is 4.84. The molecular formula is C11H24N4O2S. The maximum atomic E-state index is 11.6. The lowest BCUT2D eigenvalue weighted by molar-refractivity contribution is 0.444. The molecule has 0 unspecified atom stereocenters. The van der Waals surface area contributed by atoms with Gasteiger partial charge in [-0.05, 0) is 12.3 Å². The molecule has 1 saturated heterocycles. The third-order valence-electron chi connectivity index (χ3n) is 2.76. The quantitative estimate of drug-likeness (QED) is 0.541. The third-order valence-corrected chi connectivity index (χ3v) is 4.71. The van der Waals surface area contributed by atoms with Crippen molar-refractivity contribution in [3.05, 3.63) is 0 Å². The Morgan fingerprint density at radius 2 is 2.11 bits per heavy atom. The zero-order valence-electron chi connectivity index (χ0n) is 11.4. The van der Waals surface area contributed by atoms with E-state index >= 15 is 0 Å². The van der Waals surface area contributed by atoms with Crippen molar-refractivity contribution in [3.8, 4) is 0 Å². The maximum absolute atomic E-state index is 11.6. The zero-order valence-corrected chi connectivity index (χ0v) is 12.3. The lowest BCUT2D eigenvalue weighted by Gasteiger charge is -2.17. The Hall–Kier alpha value is -0.820. The van der Waals surface area contributed by atoms with Crippen LogP contribution in [0.4, 0.5) is 0 Å². The first kappa shape index (κ1) is 15.2. The highest BCUT2D eigenvalue weighted by atomic mass is 32.2. The number of nitrogens with one attached hydrogen (secondary N) is 2. The maximum Gasteiger partial charge on any atom is 0.214 e. The van der Waals surface area contributed by atoms with Crippen LogP contribution in [0.25, 0.3) is 0 Å². The van der Waals surface area contributed by atoms with Crippen molar-refractivity contribution in [2.75, 3.05) is 39.0 Å². The summed E-state index contributed by atoms with van der Waals surface area (Å²) in [5, 5.41) is 6.31. The molecule has 1 aliphatic heterocycles. The number of nitrogens with zero attached hydrogens (tertiary/aromatic N) is 2. The van der Waals surface area contributed by atoms with Crippen LogP contribution < -0.4 is 10.6 Å². The molecule has 1 fully saturated rings. The molecule has 0 aromatic carbocycles. The summed E-state index contributed by atoms with van der Waals surface area (Å²) in [6.07, 6.45) is 0.739. The van der Waals surface area contributed by atoms with E-state index in [1.165, 1.54) is 4.31 Å². The summed E-state index contributed by atoms with van der Waals surface area (Å²) in [4.78, 5) is 4.09. The Balaban J connectivity index is 2.28. The van der Waals surface area contributed by atoms with Gasteiger partial charge in [-0.25, -0.2) is 12.7 Å². The van der Waals surface area contributed by atoms with Crippen LogP contribution in [0.1, 0.15) is 20.3 Å². The predicted molar refractivity (Wildman–Crippen MR) is 74.2 cm³/mol. The van der Waals surface area contributed by atoms with Crippen molar-refractivity contribution in [2.45, 2.75) is 20.3 Å². The molecular weight excluding hydrogens is 252 g/mol. The Morgan fingerprint density at radius 3 is 2.61 bits per heavy atom. The number of aliphatic imine (C=N–C) groups is 1. The highest BCUT2D eigenvalue weighted by molar-refractivity contribution is 7.89. The van der Waals surface area contributed by atoms with E-state index in [1.54, 1.807) is 7.05 Å². The van der Waals surface area contributed by atoms with Crippen LogP contribution in [0.2, 0.25) is 0 Å². The molecule has 0 atom stereocenters. The number of hydrogen-bond acceptors (Lipinski definition) is 3. The van der Waals surface area contributed by atoms with Gasteiger partial charge in [0.1, 0.15) is 0 Å². The zero-order chi connectivity index (χ0) is 13.6. The standard InChI is InChI=1S/C11H24N4O2S/c1-10(2)9-14-11(12-3)13-5-7-15-6-4-8-18(15,16)17/h10H,4-9H2,1-3H3,(H2,12,13,14). The summed E-state index contributed by atoms with van der Waals surface area (Å²) in [6, 6.07) is 0. The minimum Gasteiger partial charge on any atom is -0.356 e. The second-order valence-corrected chi connectivity index (χ2v) is 6.93. The minimum absolute atomic E-state index is 0.285. The van der Waals surface area contributed by atoms with Crippen molar-refractivity contribution < 1.29 is 8.42 Å². The van der Waals surface area contributed by atoms with Crippen LogP contribution >= 0.6 is 0 Å². The van der Waals surface area contributed by atoms with Gasteiger partial charge < -0.3 is 10.6 Å².